The number of hydrogen-bond donors (Lipinski definition) is 2. The SMILES string of the molecule is CC(c1ccc(OCC(F)F)c(Cl)c1)N1Cc2c(ccnc2C(=O)NCCO)C1=O. The van der Waals surface area contributed by atoms with Crippen LogP contribution >= 0.6 is 11.6 Å². The number of alkyl halides is 2. The highest BCUT2D eigenvalue weighted by molar-refractivity contribution is 6.32. The molecule has 3 rings (SSSR count). The van der Waals surface area contributed by atoms with E-state index < -0.39 is 25.0 Å². The van der Waals surface area contributed by atoms with Crippen LogP contribution in [0.2, 0.25) is 5.02 Å². The molecule has 0 fully saturated rings. The molecule has 0 saturated carbocycles. The number of aromatic nitrogens is 1. The average molecular weight is 440 g/mol. The highest BCUT2D eigenvalue weighted by Crippen LogP contribution is 2.35. The van der Waals surface area contributed by atoms with Crippen LogP contribution in [0.15, 0.2) is 30.5 Å². The molecule has 160 valence electrons. The second-order valence-electron chi connectivity index (χ2n) is 6.67. The second kappa shape index (κ2) is 9.36. The van der Waals surface area contributed by atoms with Gasteiger partial charge < -0.3 is 20.1 Å². The number of carbonyl (C=O) groups is 2. The van der Waals surface area contributed by atoms with Gasteiger partial charge in [0, 0.05) is 30.4 Å². The Balaban J connectivity index is 1.81. The van der Waals surface area contributed by atoms with Gasteiger partial charge in [-0.3, -0.25) is 14.6 Å². The van der Waals surface area contributed by atoms with Gasteiger partial charge in [-0.05, 0) is 30.7 Å². The largest absolute Gasteiger partial charge is 0.486 e. The lowest BCUT2D eigenvalue weighted by Crippen LogP contribution is -2.29. The average Bonchev–Trinajstić information content (AvgIpc) is 3.07. The molecule has 0 aliphatic carbocycles. The monoisotopic (exact) mass is 439 g/mol. The Kier molecular flexibility index (Phi) is 6.84. The van der Waals surface area contributed by atoms with Crippen molar-refractivity contribution < 1.29 is 28.2 Å². The van der Waals surface area contributed by atoms with Crippen molar-refractivity contribution in [1.29, 1.82) is 0 Å². The molecule has 0 bridgehead atoms. The summed E-state index contributed by atoms with van der Waals surface area (Å²) in [5, 5.41) is 11.6. The van der Waals surface area contributed by atoms with E-state index in [9.17, 15) is 18.4 Å². The number of hydrogen-bond acceptors (Lipinski definition) is 5. The van der Waals surface area contributed by atoms with E-state index >= 15 is 0 Å². The maximum Gasteiger partial charge on any atom is 0.272 e. The van der Waals surface area contributed by atoms with E-state index in [0.29, 0.717) is 16.7 Å². The normalized spacial score (nSPS) is 14.1. The Morgan fingerprint density at radius 1 is 1.40 bits per heavy atom. The number of benzene rings is 1. The molecule has 1 aliphatic rings. The van der Waals surface area contributed by atoms with E-state index in [-0.39, 0.29) is 42.1 Å². The highest BCUT2D eigenvalue weighted by atomic mass is 35.5. The molecule has 0 radical (unpaired) electrons. The summed E-state index contributed by atoms with van der Waals surface area (Å²) in [4.78, 5) is 30.9. The summed E-state index contributed by atoms with van der Waals surface area (Å²) in [5.41, 5.74) is 1.71. The molecule has 1 unspecified atom stereocenters. The van der Waals surface area contributed by atoms with Crippen molar-refractivity contribution >= 4 is 23.4 Å². The summed E-state index contributed by atoms with van der Waals surface area (Å²) in [6.45, 7) is 1.08. The Labute approximate surface area is 176 Å². The van der Waals surface area contributed by atoms with Gasteiger partial charge in [-0.25, -0.2) is 8.78 Å². The van der Waals surface area contributed by atoms with Crippen LogP contribution < -0.4 is 10.1 Å². The summed E-state index contributed by atoms with van der Waals surface area (Å²) < 4.78 is 29.6. The molecule has 0 spiro atoms. The second-order valence-corrected chi connectivity index (χ2v) is 7.07. The first-order valence-electron chi connectivity index (χ1n) is 9.21. The van der Waals surface area contributed by atoms with Crippen molar-refractivity contribution in [2.75, 3.05) is 19.8 Å². The van der Waals surface area contributed by atoms with E-state index in [1.165, 1.54) is 12.3 Å². The Morgan fingerprint density at radius 2 is 2.17 bits per heavy atom. The van der Waals surface area contributed by atoms with Crippen molar-refractivity contribution in [2.45, 2.75) is 25.9 Å². The van der Waals surface area contributed by atoms with Crippen molar-refractivity contribution in [3.63, 3.8) is 0 Å². The molecule has 0 saturated heterocycles. The van der Waals surface area contributed by atoms with Crippen molar-refractivity contribution in [3.8, 4) is 5.75 Å². The van der Waals surface area contributed by atoms with E-state index in [1.54, 1.807) is 30.0 Å². The number of aliphatic hydroxyl groups is 1. The maximum absolute atomic E-state index is 12.9. The number of aliphatic hydroxyl groups excluding tert-OH is 1. The van der Waals surface area contributed by atoms with Crippen LogP contribution in [0, 0.1) is 0 Å². The van der Waals surface area contributed by atoms with E-state index in [1.807, 2.05) is 0 Å². The molecule has 1 aromatic heterocycles. The molecular weight excluding hydrogens is 420 g/mol. The number of nitrogens with zero attached hydrogens (tertiary/aromatic N) is 2. The number of fused-ring (bicyclic) bond motifs is 1. The van der Waals surface area contributed by atoms with Gasteiger partial charge in [-0.15, -0.1) is 0 Å². The molecule has 2 heterocycles. The smallest absolute Gasteiger partial charge is 0.272 e. The molecule has 2 aromatic rings. The van der Waals surface area contributed by atoms with Gasteiger partial charge in [0.05, 0.1) is 17.7 Å². The van der Waals surface area contributed by atoms with Gasteiger partial charge in [-0.2, -0.15) is 0 Å². The lowest BCUT2D eigenvalue weighted by Gasteiger charge is -2.25. The number of pyridine rings is 1. The maximum atomic E-state index is 12.9. The Morgan fingerprint density at radius 3 is 2.83 bits per heavy atom. The zero-order valence-corrected chi connectivity index (χ0v) is 16.8. The van der Waals surface area contributed by atoms with Crippen LogP contribution in [-0.2, 0) is 6.54 Å². The van der Waals surface area contributed by atoms with Crippen molar-refractivity contribution in [2.24, 2.45) is 0 Å². The van der Waals surface area contributed by atoms with Crippen LogP contribution in [0.5, 0.6) is 5.75 Å². The minimum atomic E-state index is -2.61. The quantitative estimate of drug-likeness (QED) is 0.660. The Hall–Kier alpha value is -2.78. The summed E-state index contributed by atoms with van der Waals surface area (Å²) in [5.74, 6) is -0.590. The van der Waals surface area contributed by atoms with E-state index in [0.717, 1.165) is 0 Å². The minimum Gasteiger partial charge on any atom is -0.486 e. The predicted octanol–water partition coefficient (Wildman–Crippen LogP) is 2.82. The fraction of sp³-hybridized carbons (Fsp3) is 0.350. The first kappa shape index (κ1) is 21.9. The summed E-state index contributed by atoms with van der Waals surface area (Å²) in [6.07, 6.45) is -1.22. The molecule has 7 nitrogen and oxygen atoms in total. The third kappa shape index (κ3) is 4.52. The molecule has 1 atom stereocenters. The molecule has 2 N–H and O–H groups in total. The molecule has 2 amide bonds. The number of carbonyl (C=O) groups excluding carboxylic acids is 2. The summed E-state index contributed by atoms with van der Waals surface area (Å²) in [7, 11) is 0. The topological polar surface area (TPSA) is 91.8 Å². The number of amides is 2. The van der Waals surface area contributed by atoms with Gasteiger partial charge >= 0.3 is 0 Å². The van der Waals surface area contributed by atoms with Crippen LogP contribution in [0.1, 0.15) is 44.9 Å². The summed E-state index contributed by atoms with van der Waals surface area (Å²) >= 11 is 6.15. The zero-order valence-electron chi connectivity index (χ0n) is 16.1. The third-order valence-electron chi connectivity index (χ3n) is 4.76. The van der Waals surface area contributed by atoms with Crippen molar-refractivity contribution in [1.82, 2.24) is 15.2 Å². The number of nitrogens with one attached hydrogen (secondary N) is 1. The lowest BCUT2D eigenvalue weighted by molar-refractivity contribution is 0.0713. The predicted molar refractivity (Wildman–Crippen MR) is 105 cm³/mol. The minimum absolute atomic E-state index is 0.0801. The molecular formula is C20H20ClF2N3O4. The van der Waals surface area contributed by atoms with Gasteiger partial charge in [0.2, 0.25) is 0 Å². The first-order chi connectivity index (χ1) is 14.3. The molecule has 1 aliphatic heterocycles. The van der Waals surface area contributed by atoms with Gasteiger partial charge in [0.1, 0.15) is 18.1 Å². The first-order valence-corrected chi connectivity index (χ1v) is 9.59. The van der Waals surface area contributed by atoms with Crippen LogP contribution in [-0.4, -0.2) is 53.0 Å². The molecule has 30 heavy (non-hydrogen) atoms. The van der Waals surface area contributed by atoms with Gasteiger partial charge in [0.15, 0.2) is 0 Å². The number of ether oxygens (including phenoxy) is 1. The third-order valence-corrected chi connectivity index (χ3v) is 5.05. The number of halogens is 3. The van der Waals surface area contributed by atoms with Crippen LogP contribution in [0.25, 0.3) is 0 Å². The fourth-order valence-corrected chi connectivity index (χ4v) is 3.48. The number of rotatable bonds is 8. The lowest BCUT2D eigenvalue weighted by atomic mass is 10.1. The van der Waals surface area contributed by atoms with Gasteiger partial charge in [-0.1, -0.05) is 17.7 Å². The molecule has 10 heteroatoms. The van der Waals surface area contributed by atoms with Gasteiger partial charge in [0.25, 0.3) is 18.2 Å². The van der Waals surface area contributed by atoms with Crippen LogP contribution in [0.4, 0.5) is 8.78 Å². The summed E-state index contributed by atoms with van der Waals surface area (Å²) in [6, 6.07) is 5.86. The molecule has 1 aromatic carbocycles. The highest BCUT2D eigenvalue weighted by Gasteiger charge is 2.35. The van der Waals surface area contributed by atoms with E-state index in [2.05, 4.69) is 10.3 Å². The van der Waals surface area contributed by atoms with E-state index in [4.69, 9.17) is 21.4 Å². The zero-order chi connectivity index (χ0) is 21.8. The van der Waals surface area contributed by atoms with Crippen molar-refractivity contribution in [3.05, 3.63) is 57.9 Å². The standard InChI is InChI=1S/C20H20ClF2N3O4/c1-11(12-2-3-16(15(21)8-12)30-10-17(22)23)26-9-14-13(20(26)29)4-5-24-18(14)19(28)25-6-7-27/h2-5,8,11,17,27H,6-7,9-10H2,1H3,(H,25,28). The van der Waals surface area contributed by atoms with Crippen LogP contribution in [0.3, 0.4) is 0 Å². The fourth-order valence-electron chi connectivity index (χ4n) is 3.24. The Bertz CT molecular complexity index is 958.